The third-order valence-corrected chi connectivity index (χ3v) is 29.6. The molecule has 1 aliphatic heterocycles. The average molecular weight is 746 g/mol. The van der Waals surface area contributed by atoms with Gasteiger partial charge in [-0.15, -0.1) is 0 Å². The van der Waals surface area contributed by atoms with Crippen molar-refractivity contribution in [1.82, 2.24) is 0 Å². The van der Waals surface area contributed by atoms with Crippen LogP contribution in [0, 0.1) is 0 Å². The van der Waals surface area contributed by atoms with E-state index in [4.69, 9.17) is 28.2 Å². The standard InChI is InChI=1S/C39H71NO5Si4/c1-36(2,3)46(13,14)42-28-24-32-29(33(25-28)44-48(17,18)38(7,8)9)26-30(40)35(41-32)27-21-22-31(43-47(15,16)37(4,5)6)34(23-27)45-49(19,20)39(10,11)12/h21-25,30,35H,26,40H2,1-20H3/t30-,35+/m0/s1. The second kappa shape index (κ2) is 13.4. The van der Waals surface area contributed by atoms with Crippen LogP contribution in [0.5, 0.6) is 28.7 Å². The maximum absolute atomic E-state index is 7.03. The summed E-state index contributed by atoms with van der Waals surface area (Å²) < 4.78 is 34.7. The summed E-state index contributed by atoms with van der Waals surface area (Å²) in [6.45, 7) is 45.4. The number of nitrogens with two attached hydrogens (primary N) is 1. The van der Waals surface area contributed by atoms with Gasteiger partial charge in [0.25, 0.3) is 16.6 Å². The molecule has 2 N–H and O–H groups in total. The van der Waals surface area contributed by atoms with Crippen LogP contribution >= 0.6 is 0 Å². The minimum atomic E-state index is -2.20. The Balaban J connectivity index is 2.17. The lowest BCUT2D eigenvalue weighted by atomic mass is 9.92. The molecule has 0 amide bonds. The van der Waals surface area contributed by atoms with Crippen LogP contribution in [0.15, 0.2) is 30.3 Å². The average Bonchev–Trinajstić information content (AvgIpc) is 2.86. The molecule has 0 radical (unpaired) electrons. The molecule has 0 fully saturated rings. The Kier molecular flexibility index (Phi) is 11.4. The van der Waals surface area contributed by atoms with E-state index in [-0.39, 0.29) is 32.3 Å². The summed E-state index contributed by atoms with van der Waals surface area (Å²) in [5.41, 5.74) is 9.04. The molecule has 1 aliphatic rings. The summed E-state index contributed by atoms with van der Waals surface area (Å²) in [4.78, 5) is 0. The van der Waals surface area contributed by atoms with Crippen LogP contribution < -0.4 is 28.2 Å². The predicted octanol–water partition coefficient (Wildman–Crippen LogP) is 12.2. The lowest BCUT2D eigenvalue weighted by Gasteiger charge is -2.41. The van der Waals surface area contributed by atoms with Gasteiger partial charge < -0.3 is 28.2 Å². The number of fused-ring (bicyclic) bond motifs is 1. The van der Waals surface area contributed by atoms with Gasteiger partial charge in [-0.3, -0.25) is 0 Å². The Morgan fingerprint density at radius 3 is 1.41 bits per heavy atom. The van der Waals surface area contributed by atoms with Gasteiger partial charge in [0.05, 0.1) is 6.04 Å². The highest BCUT2D eigenvalue weighted by molar-refractivity contribution is 6.76. The molecular weight excluding hydrogens is 675 g/mol. The summed E-state index contributed by atoms with van der Waals surface area (Å²) in [5.74, 6) is 4.01. The highest BCUT2D eigenvalue weighted by Gasteiger charge is 2.44. The molecule has 0 unspecified atom stereocenters. The minimum absolute atomic E-state index is 0.0228. The molecule has 278 valence electrons. The van der Waals surface area contributed by atoms with Gasteiger partial charge in [-0.1, -0.05) is 89.2 Å². The first-order chi connectivity index (χ1) is 21.7. The van der Waals surface area contributed by atoms with Crippen LogP contribution in [0.3, 0.4) is 0 Å². The van der Waals surface area contributed by atoms with Gasteiger partial charge in [0.2, 0.25) is 16.6 Å². The molecule has 0 saturated heterocycles. The second-order valence-corrected chi connectivity index (χ2v) is 39.4. The van der Waals surface area contributed by atoms with Crippen molar-refractivity contribution in [3.8, 4) is 28.7 Å². The SMILES string of the molecule is CC(C)(C)[Si](C)(C)Oc1cc2c(c(O[Si](C)(C)C(C)(C)C)c1)C[C@H](N)[C@@H](c1ccc(O[Si](C)(C)C(C)(C)C)c(O[Si](C)(C)C(C)(C)C)c1)O2. The van der Waals surface area contributed by atoms with Crippen molar-refractivity contribution in [2.75, 3.05) is 0 Å². The monoisotopic (exact) mass is 745 g/mol. The maximum Gasteiger partial charge on any atom is 0.250 e. The molecule has 6 nitrogen and oxygen atoms in total. The van der Waals surface area contributed by atoms with E-state index in [9.17, 15) is 0 Å². The number of ether oxygens (including phenoxy) is 1. The smallest absolute Gasteiger partial charge is 0.250 e. The largest absolute Gasteiger partial charge is 0.543 e. The van der Waals surface area contributed by atoms with E-state index in [0.717, 1.165) is 39.9 Å². The molecular formula is C39H71NO5Si4. The third-order valence-electron chi connectivity index (χ3n) is 12.2. The van der Waals surface area contributed by atoms with E-state index in [1.54, 1.807) is 0 Å². The maximum atomic E-state index is 7.03. The summed E-state index contributed by atoms with van der Waals surface area (Å²) in [5, 5.41) is 0.150. The molecule has 2 aromatic rings. The Morgan fingerprint density at radius 1 is 0.551 bits per heavy atom. The first-order valence-electron chi connectivity index (χ1n) is 18.2. The minimum Gasteiger partial charge on any atom is -0.543 e. The zero-order valence-corrected chi connectivity index (χ0v) is 38.9. The highest BCUT2D eigenvalue weighted by Crippen LogP contribution is 2.49. The molecule has 49 heavy (non-hydrogen) atoms. The molecule has 1 heterocycles. The van der Waals surface area contributed by atoms with Crippen molar-refractivity contribution in [1.29, 1.82) is 0 Å². The normalized spacial score (nSPS) is 18.4. The van der Waals surface area contributed by atoms with Crippen LogP contribution in [0.2, 0.25) is 72.5 Å². The molecule has 0 aliphatic carbocycles. The Morgan fingerprint density at radius 2 is 0.959 bits per heavy atom. The van der Waals surface area contributed by atoms with Gasteiger partial charge in [0.15, 0.2) is 0 Å². The molecule has 0 bridgehead atoms. The van der Waals surface area contributed by atoms with Gasteiger partial charge in [-0.2, -0.15) is 0 Å². The van der Waals surface area contributed by atoms with Crippen molar-refractivity contribution in [3.05, 3.63) is 41.5 Å². The van der Waals surface area contributed by atoms with Crippen molar-refractivity contribution < 1.29 is 22.4 Å². The van der Waals surface area contributed by atoms with E-state index >= 15 is 0 Å². The van der Waals surface area contributed by atoms with Crippen molar-refractivity contribution in [3.63, 3.8) is 0 Å². The van der Waals surface area contributed by atoms with Crippen molar-refractivity contribution in [2.45, 2.75) is 174 Å². The van der Waals surface area contributed by atoms with Crippen LogP contribution in [0.4, 0.5) is 0 Å². The van der Waals surface area contributed by atoms with Crippen LogP contribution in [0.25, 0.3) is 0 Å². The third kappa shape index (κ3) is 9.20. The van der Waals surface area contributed by atoms with E-state index in [0.29, 0.717) is 6.42 Å². The summed E-state index contributed by atoms with van der Waals surface area (Å²) in [6.07, 6.45) is 0.255. The molecule has 0 saturated carbocycles. The van der Waals surface area contributed by atoms with E-state index in [1.807, 2.05) is 0 Å². The lowest BCUT2D eigenvalue weighted by Crippen LogP contribution is -2.46. The number of benzene rings is 2. The zero-order chi connectivity index (χ0) is 38.0. The van der Waals surface area contributed by atoms with E-state index < -0.39 is 33.3 Å². The Hall–Kier alpha value is -1.73. The van der Waals surface area contributed by atoms with Gasteiger partial charge in [0.1, 0.15) is 34.9 Å². The highest BCUT2D eigenvalue weighted by atomic mass is 28.4. The molecule has 0 spiro atoms. The predicted molar refractivity (Wildman–Crippen MR) is 219 cm³/mol. The van der Waals surface area contributed by atoms with Gasteiger partial charge in [0, 0.05) is 17.7 Å². The van der Waals surface area contributed by atoms with Gasteiger partial charge in [-0.25, -0.2) is 0 Å². The van der Waals surface area contributed by atoms with Crippen LogP contribution in [0.1, 0.15) is 100 Å². The quantitative estimate of drug-likeness (QED) is 0.258. The fourth-order valence-electron chi connectivity index (χ4n) is 4.53. The molecule has 0 aromatic heterocycles. The fraction of sp³-hybridized carbons (Fsp3) is 0.692. The number of rotatable bonds is 9. The first-order valence-corrected chi connectivity index (χ1v) is 29.8. The summed E-state index contributed by atoms with van der Waals surface area (Å²) in [6, 6.07) is 10.2. The van der Waals surface area contributed by atoms with Crippen molar-refractivity contribution >= 4 is 33.3 Å². The molecule has 10 heteroatoms. The van der Waals surface area contributed by atoms with Crippen molar-refractivity contribution in [2.24, 2.45) is 5.73 Å². The summed E-state index contributed by atoms with van der Waals surface area (Å²) in [7, 11) is -8.65. The van der Waals surface area contributed by atoms with Crippen LogP contribution in [-0.4, -0.2) is 39.3 Å². The first kappa shape index (κ1) is 41.7. The van der Waals surface area contributed by atoms with E-state index in [1.165, 1.54) is 0 Å². The lowest BCUT2D eigenvalue weighted by molar-refractivity contribution is 0.151. The Labute approximate surface area is 304 Å². The van der Waals surface area contributed by atoms with E-state index in [2.05, 4.69) is 166 Å². The second-order valence-electron chi connectivity index (χ2n) is 20.5. The molecule has 2 aromatic carbocycles. The van der Waals surface area contributed by atoms with Crippen LogP contribution in [-0.2, 0) is 6.42 Å². The number of hydrogen-bond donors (Lipinski definition) is 1. The topological polar surface area (TPSA) is 72.2 Å². The molecule has 2 atom stereocenters. The number of hydrogen-bond acceptors (Lipinski definition) is 6. The fourth-order valence-corrected chi connectivity index (χ4v) is 8.62. The van der Waals surface area contributed by atoms with Gasteiger partial charge >= 0.3 is 0 Å². The zero-order valence-electron chi connectivity index (χ0n) is 34.9. The van der Waals surface area contributed by atoms with Gasteiger partial charge in [-0.05, 0) is 96.6 Å². The summed E-state index contributed by atoms with van der Waals surface area (Å²) >= 11 is 0. The molecule has 3 rings (SSSR count). The Bertz CT molecular complexity index is 1490.